The smallest absolute Gasteiger partial charge is 0.231 e. The van der Waals surface area contributed by atoms with Crippen LogP contribution in [0.4, 0.5) is 11.8 Å². The molecule has 5 aromatic heterocycles. The summed E-state index contributed by atoms with van der Waals surface area (Å²) in [5.41, 5.74) is 3.52. The lowest BCUT2D eigenvalue weighted by molar-refractivity contribution is 0.196. The number of imidazole rings is 1. The highest BCUT2D eigenvalue weighted by molar-refractivity contribution is 5.83. The first-order valence-electron chi connectivity index (χ1n) is 11.2. The van der Waals surface area contributed by atoms with Gasteiger partial charge >= 0.3 is 0 Å². The molecule has 0 unspecified atom stereocenters. The molecule has 180 valence electrons. The van der Waals surface area contributed by atoms with E-state index < -0.39 is 0 Å². The van der Waals surface area contributed by atoms with Crippen molar-refractivity contribution in [2.45, 2.75) is 26.8 Å². The number of fused-ring (bicyclic) bond motifs is 1. The lowest BCUT2D eigenvalue weighted by Gasteiger charge is -2.10. The number of anilines is 2. The third-order valence-electron chi connectivity index (χ3n) is 5.52. The number of nitrogens with one attached hydrogen (secondary N) is 1. The van der Waals surface area contributed by atoms with Crippen molar-refractivity contribution in [2.75, 3.05) is 18.5 Å². The first-order chi connectivity index (χ1) is 16.9. The molecule has 0 atom stereocenters. The predicted octanol–water partition coefficient (Wildman–Crippen LogP) is 2.79. The van der Waals surface area contributed by atoms with Crippen LogP contribution in [0.15, 0.2) is 43.1 Å². The van der Waals surface area contributed by atoms with Gasteiger partial charge in [0.15, 0.2) is 11.6 Å². The van der Waals surface area contributed by atoms with Crippen molar-refractivity contribution in [1.82, 2.24) is 43.9 Å². The summed E-state index contributed by atoms with van der Waals surface area (Å²) in [6.07, 6.45) is 9.03. The molecule has 0 amide bonds. The molecule has 5 aromatic rings. The second kappa shape index (κ2) is 9.14. The first-order valence-corrected chi connectivity index (χ1v) is 11.2. The molecule has 0 bridgehead atoms. The zero-order chi connectivity index (χ0) is 24.5. The van der Waals surface area contributed by atoms with Crippen molar-refractivity contribution < 1.29 is 9.84 Å². The minimum Gasteiger partial charge on any atom is -0.475 e. The summed E-state index contributed by atoms with van der Waals surface area (Å²) in [5, 5.41) is 21.7. The summed E-state index contributed by atoms with van der Waals surface area (Å²) in [4.78, 5) is 17.9. The third-order valence-corrected chi connectivity index (χ3v) is 5.52. The molecule has 0 aromatic carbocycles. The van der Waals surface area contributed by atoms with Gasteiger partial charge < -0.3 is 19.7 Å². The van der Waals surface area contributed by atoms with Gasteiger partial charge in [0, 0.05) is 55.7 Å². The van der Waals surface area contributed by atoms with E-state index in [0.29, 0.717) is 29.3 Å². The van der Waals surface area contributed by atoms with Gasteiger partial charge in [-0.1, -0.05) is 0 Å². The Kier molecular flexibility index (Phi) is 5.87. The molecule has 2 N–H and O–H groups in total. The number of aromatic nitrogens is 9. The van der Waals surface area contributed by atoms with Crippen LogP contribution < -0.4 is 10.1 Å². The van der Waals surface area contributed by atoms with Crippen LogP contribution in [0.1, 0.15) is 25.5 Å². The van der Waals surface area contributed by atoms with Crippen molar-refractivity contribution in [2.24, 2.45) is 7.05 Å². The Bertz CT molecular complexity index is 1480. The molecule has 5 heterocycles. The fraction of sp³-hybridized carbons (Fsp3) is 0.304. The lowest BCUT2D eigenvalue weighted by atomic mass is 10.1. The molecular weight excluding hydrogens is 448 g/mol. The number of hydrogen-bond donors (Lipinski definition) is 2. The zero-order valence-electron chi connectivity index (χ0n) is 19.9. The number of nitrogens with zero attached hydrogens (tertiary/aromatic N) is 9. The maximum absolute atomic E-state index is 9.03. The van der Waals surface area contributed by atoms with Gasteiger partial charge in [0.1, 0.15) is 12.1 Å². The summed E-state index contributed by atoms with van der Waals surface area (Å²) < 4.78 is 11.0. The molecule has 0 saturated carbocycles. The summed E-state index contributed by atoms with van der Waals surface area (Å²) in [7, 11) is 1.89. The van der Waals surface area contributed by atoms with Gasteiger partial charge in [0.2, 0.25) is 17.7 Å². The quantitative estimate of drug-likeness (QED) is 0.348. The Balaban J connectivity index is 1.64. The van der Waals surface area contributed by atoms with Gasteiger partial charge in [-0.25, -0.2) is 19.5 Å². The van der Waals surface area contributed by atoms with E-state index in [1.165, 1.54) is 0 Å². The highest BCUT2D eigenvalue weighted by Gasteiger charge is 2.20. The number of rotatable bonds is 8. The van der Waals surface area contributed by atoms with Gasteiger partial charge in [-0.15, -0.1) is 5.10 Å². The van der Waals surface area contributed by atoms with Crippen molar-refractivity contribution in [3.05, 3.63) is 48.7 Å². The van der Waals surface area contributed by atoms with Crippen LogP contribution in [0.5, 0.6) is 5.88 Å². The normalized spacial score (nSPS) is 11.5. The van der Waals surface area contributed by atoms with Crippen LogP contribution in [-0.2, 0) is 7.05 Å². The van der Waals surface area contributed by atoms with E-state index in [-0.39, 0.29) is 19.3 Å². The van der Waals surface area contributed by atoms with E-state index in [0.717, 1.165) is 22.3 Å². The Morgan fingerprint density at radius 2 is 1.94 bits per heavy atom. The van der Waals surface area contributed by atoms with Gasteiger partial charge in [-0.2, -0.15) is 10.1 Å². The monoisotopic (exact) mass is 474 g/mol. The largest absolute Gasteiger partial charge is 0.475 e. The fourth-order valence-corrected chi connectivity index (χ4v) is 3.76. The predicted molar refractivity (Wildman–Crippen MR) is 129 cm³/mol. The van der Waals surface area contributed by atoms with E-state index >= 15 is 0 Å². The number of aryl methyl sites for hydroxylation is 2. The van der Waals surface area contributed by atoms with Crippen LogP contribution in [0, 0.1) is 6.92 Å². The number of aliphatic hydroxyl groups excluding tert-OH is 1. The van der Waals surface area contributed by atoms with E-state index in [9.17, 15) is 0 Å². The van der Waals surface area contributed by atoms with Gasteiger partial charge in [-0.05, 0) is 32.4 Å². The maximum Gasteiger partial charge on any atom is 0.231 e. The van der Waals surface area contributed by atoms with Gasteiger partial charge in [0.05, 0.1) is 12.3 Å². The average molecular weight is 475 g/mol. The number of aliphatic hydroxyl groups is 1. The average Bonchev–Trinajstić information content (AvgIpc) is 3.57. The number of ether oxygens (including phenoxy) is 1. The van der Waals surface area contributed by atoms with Crippen LogP contribution in [0.3, 0.4) is 0 Å². The summed E-state index contributed by atoms with van der Waals surface area (Å²) in [5.74, 6) is 2.22. The summed E-state index contributed by atoms with van der Waals surface area (Å²) in [6.45, 7) is 6.22. The second-order valence-corrected chi connectivity index (χ2v) is 8.30. The van der Waals surface area contributed by atoms with Crippen LogP contribution in [0.25, 0.3) is 28.4 Å². The highest BCUT2D eigenvalue weighted by Crippen LogP contribution is 2.32. The Morgan fingerprint density at radius 1 is 1.09 bits per heavy atom. The molecule has 0 saturated heterocycles. The molecule has 12 heteroatoms. The molecular formula is C23H26N10O2. The van der Waals surface area contributed by atoms with Crippen molar-refractivity contribution in [3.63, 3.8) is 0 Å². The minimum absolute atomic E-state index is 0.106. The van der Waals surface area contributed by atoms with Crippen LogP contribution >= 0.6 is 0 Å². The first kappa shape index (κ1) is 22.5. The van der Waals surface area contributed by atoms with Gasteiger partial charge in [0.25, 0.3) is 0 Å². The second-order valence-electron chi connectivity index (χ2n) is 8.30. The molecule has 0 aliphatic carbocycles. The highest BCUT2D eigenvalue weighted by atomic mass is 16.5. The van der Waals surface area contributed by atoms with Crippen molar-refractivity contribution in [1.29, 1.82) is 0 Å². The molecule has 0 fully saturated rings. The van der Waals surface area contributed by atoms with E-state index in [1.54, 1.807) is 23.0 Å². The Morgan fingerprint density at radius 3 is 2.66 bits per heavy atom. The molecule has 5 rings (SSSR count). The molecule has 12 nitrogen and oxygen atoms in total. The minimum atomic E-state index is -0.106. The zero-order valence-corrected chi connectivity index (χ0v) is 19.9. The number of hydrogen-bond acceptors (Lipinski definition) is 9. The van der Waals surface area contributed by atoms with Crippen LogP contribution in [-0.4, -0.2) is 62.2 Å². The van der Waals surface area contributed by atoms with Crippen molar-refractivity contribution in [3.8, 4) is 28.8 Å². The molecule has 0 aliphatic rings. The molecule has 35 heavy (non-hydrogen) atoms. The standard InChI is InChI=1S/C23H26N10O2/c1-14(2)32-9-6-17(29-32)16-13-33-19(15(16)3)20(27-21(30-33)22-24-8-10-31(22)4)28-23-25-7-5-18(26-23)35-12-11-34/h5-10,13-14,34H,11-12H2,1-4H3,(H,25,26,27,28,30). The van der Waals surface area contributed by atoms with Crippen molar-refractivity contribution >= 4 is 17.3 Å². The maximum atomic E-state index is 9.03. The van der Waals surface area contributed by atoms with Crippen LogP contribution in [0.2, 0.25) is 0 Å². The third kappa shape index (κ3) is 4.30. The molecule has 0 radical (unpaired) electrons. The summed E-state index contributed by atoms with van der Waals surface area (Å²) in [6, 6.07) is 3.87. The van der Waals surface area contributed by atoms with E-state index in [1.807, 2.05) is 47.9 Å². The fourth-order valence-electron chi connectivity index (χ4n) is 3.76. The Hall–Kier alpha value is -4.32. The Labute approximate surface area is 201 Å². The molecule has 0 aliphatic heterocycles. The SMILES string of the molecule is Cc1c(-c2ccn(C(C)C)n2)cn2nc(-c3nccn3C)nc(Nc3nccc(OCCO)n3)c12. The molecule has 0 spiro atoms. The van der Waals surface area contributed by atoms with E-state index in [2.05, 4.69) is 34.1 Å². The van der Waals surface area contributed by atoms with Gasteiger partial charge in [-0.3, -0.25) is 4.68 Å². The topological polar surface area (TPSA) is 133 Å². The summed E-state index contributed by atoms with van der Waals surface area (Å²) >= 11 is 0. The lowest BCUT2D eigenvalue weighted by Crippen LogP contribution is -2.08. The van der Waals surface area contributed by atoms with E-state index in [4.69, 9.17) is 25.0 Å².